The molecule has 2 aromatic rings. The van der Waals surface area contributed by atoms with E-state index in [0.717, 1.165) is 32.4 Å². The number of amides is 1. The second-order valence-corrected chi connectivity index (χ2v) is 7.01. The lowest BCUT2D eigenvalue weighted by molar-refractivity contribution is 0.0793. The first-order chi connectivity index (χ1) is 12.8. The van der Waals surface area contributed by atoms with Crippen LogP contribution in [-0.2, 0) is 11.2 Å². The summed E-state index contributed by atoms with van der Waals surface area (Å²) in [5, 5.41) is 3.48. The zero-order valence-corrected chi connectivity index (χ0v) is 14.8. The highest BCUT2D eigenvalue weighted by Gasteiger charge is 2.30. The first-order valence-electron chi connectivity index (χ1n) is 9.29. The lowest BCUT2D eigenvalue weighted by atomic mass is 9.95. The summed E-state index contributed by atoms with van der Waals surface area (Å²) in [5.74, 6) is 1.08. The summed E-state index contributed by atoms with van der Waals surface area (Å²) < 4.78 is 5.71. The van der Waals surface area contributed by atoms with Crippen LogP contribution in [-0.4, -0.2) is 53.1 Å². The number of hydrogen-bond donors (Lipinski definition) is 1. The number of hydrogen-bond acceptors (Lipinski definition) is 5. The standard InChI is InChI=1S/C20H24N4O2/c25-20(24-10-1-2-11-24)17-4-3-7-22-19(17)23-18-14-26-13-16(18)12-15-5-8-21-9-6-15/h3-9,16,18H,1-2,10-14H2,(H,22,23)/t16-,18-/m1/s1. The van der Waals surface area contributed by atoms with Crippen LogP contribution in [0.2, 0.25) is 0 Å². The van der Waals surface area contributed by atoms with Crippen LogP contribution in [0.1, 0.15) is 28.8 Å². The van der Waals surface area contributed by atoms with Crippen molar-refractivity contribution in [3.05, 3.63) is 54.0 Å². The first kappa shape index (κ1) is 17.0. The molecular weight excluding hydrogens is 328 g/mol. The SMILES string of the molecule is O=C(c1cccnc1N[C@@H]1COC[C@H]1Cc1ccncc1)N1CCCC1. The van der Waals surface area contributed by atoms with Crippen molar-refractivity contribution in [2.24, 2.45) is 5.92 Å². The van der Waals surface area contributed by atoms with Gasteiger partial charge in [-0.1, -0.05) is 0 Å². The molecule has 6 heteroatoms. The number of nitrogens with one attached hydrogen (secondary N) is 1. The van der Waals surface area contributed by atoms with Gasteiger partial charge in [0.1, 0.15) is 5.82 Å². The van der Waals surface area contributed by atoms with E-state index in [9.17, 15) is 4.79 Å². The van der Waals surface area contributed by atoms with Crippen molar-refractivity contribution in [3.63, 3.8) is 0 Å². The van der Waals surface area contributed by atoms with Crippen LogP contribution in [0.25, 0.3) is 0 Å². The molecule has 0 radical (unpaired) electrons. The molecule has 0 aliphatic carbocycles. The predicted molar refractivity (Wildman–Crippen MR) is 99.0 cm³/mol. The van der Waals surface area contributed by atoms with Crippen LogP contribution in [0.5, 0.6) is 0 Å². The molecule has 2 atom stereocenters. The molecule has 2 aliphatic rings. The minimum atomic E-state index is 0.0719. The molecule has 6 nitrogen and oxygen atoms in total. The molecule has 2 fully saturated rings. The predicted octanol–water partition coefficient (Wildman–Crippen LogP) is 2.38. The number of ether oxygens (including phenoxy) is 1. The summed E-state index contributed by atoms with van der Waals surface area (Å²) >= 11 is 0. The number of aromatic nitrogens is 2. The van der Waals surface area contributed by atoms with E-state index >= 15 is 0 Å². The summed E-state index contributed by atoms with van der Waals surface area (Å²) in [7, 11) is 0. The highest BCUT2D eigenvalue weighted by Crippen LogP contribution is 2.24. The molecule has 0 aromatic carbocycles. The average molecular weight is 352 g/mol. The van der Waals surface area contributed by atoms with Crippen molar-refractivity contribution in [1.29, 1.82) is 0 Å². The summed E-state index contributed by atoms with van der Waals surface area (Å²) in [6.07, 6.45) is 8.45. The Balaban J connectivity index is 1.48. The van der Waals surface area contributed by atoms with Crippen molar-refractivity contribution >= 4 is 11.7 Å². The van der Waals surface area contributed by atoms with E-state index in [-0.39, 0.29) is 11.9 Å². The Morgan fingerprint density at radius 1 is 1.15 bits per heavy atom. The largest absolute Gasteiger partial charge is 0.379 e. The van der Waals surface area contributed by atoms with Gasteiger partial charge >= 0.3 is 0 Å². The maximum Gasteiger partial charge on any atom is 0.257 e. The van der Waals surface area contributed by atoms with Gasteiger partial charge in [-0.3, -0.25) is 9.78 Å². The lowest BCUT2D eigenvalue weighted by Crippen LogP contribution is -2.33. The maximum absolute atomic E-state index is 12.8. The number of rotatable bonds is 5. The lowest BCUT2D eigenvalue weighted by Gasteiger charge is -2.22. The van der Waals surface area contributed by atoms with Gasteiger partial charge in [0, 0.05) is 37.6 Å². The van der Waals surface area contributed by atoms with E-state index in [1.807, 2.05) is 41.6 Å². The minimum Gasteiger partial charge on any atom is -0.379 e. The van der Waals surface area contributed by atoms with Gasteiger partial charge in [-0.15, -0.1) is 0 Å². The Bertz CT molecular complexity index is 746. The molecule has 2 aliphatic heterocycles. The average Bonchev–Trinajstić information content (AvgIpc) is 3.35. The molecule has 4 heterocycles. The third-order valence-electron chi connectivity index (χ3n) is 5.20. The van der Waals surface area contributed by atoms with Crippen LogP contribution in [0.3, 0.4) is 0 Å². The Kier molecular flexibility index (Phi) is 5.11. The van der Waals surface area contributed by atoms with Gasteiger partial charge in [-0.05, 0) is 49.1 Å². The molecule has 0 saturated carbocycles. The number of carbonyl (C=O) groups is 1. The highest BCUT2D eigenvalue weighted by molar-refractivity contribution is 5.98. The smallest absolute Gasteiger partial charge is 0.257 e. The van der Waals surface area contributed by atoms with Gasteiger partial charge in [0.25, 0.3) is 5.91 Å². The number of pyridine rings is 2. The summed E-state index contributed by atoms with van der Waals surface area (Å²) in [4.78, 5) is 23.3. The first-order valence-corrected chi connectivity index (χ1v) is 9.29. The normalized spacial score (nSPS) is 22.5. The van der Waals surface area contributed by atoms with Crippen molar-refractivity contribution in [3.8, 4) is 0 Å². The van der Waals surface area contributed by atoms with Gasteiger partial charge in [0.2, 0.25) is 0 Å². The van der Waals surface area contributed by atoms with E-state index in [1.165, 1.54) is 5.56 Å². The fourth-order valence-corrected chi connectivity index (χ4v) is 3.74. The van der Waals surface area contributed by atoms with E-state index in [1.54, 1.807) is 6.20 Å². The zero-order chi connectivity index (χ0) is 17.8. The van der Waals surface area contributed by atoms with Gasteiger partial charge < -0.3 is 15.0 Å². The Labute approximate surface area is 153 Å². The molecular formula is C20H24N4O2. The molecule has 2 saturated heterocycles. The molecule has 1 amide bonds. The van der Waals surface area contributed by atoms with Gasteiger partial charge in [-0.25, -0.2) is 4.98 Å². The van der Waals surface area contributed by atoms with Crippen LogP contribution in [0.4, 0.5) is 5.82 Å². The number of anilines is 1. The Morgan fingerprint density at radius 2 is 1.96 bits per heavy atom. The van der Waals surface area contributed by atoms with Gasteiger partial charge in [0.05, 0.1) is 24.8 Å². The monoisotopic (exact) mass is 352 g/mol. The van der Waals surface area contributed by atoms with Crippen LogP contribution in [0, 0.1) is 5.92 Å². The quantitative estimate of drug-likeness (QED) is 0.895. The summed E-state index contributed by atoms with van der Waals surface area (Å²) in [5.41, 5.74) is 1.90. The molecule has 2 aromatic heterocycles. The van der Waals surface area contributed by atoms with Crippen molar-refractivity contribution < 1.29 is 9.53 Å². The van der Waals surface area contributed by atoms with Crippen molar-refractivity contribution in [2.75, 3.05) is 31.6 Å². The fraction of sp³-hybridized carbons (Fsp3) is 0.450. The van der Waals surface area contributed by atoms with E-state index in [0.29, 0.717) is 30.5 Å². The van der Waals surface area contributed by atoms with Crippen molar-refractivity contribution in [1.82, 2.24) is 14.9 Å². The van der Waals surface area contributed by atoms with E-state index in [4.69, 9.17) is 4.74 Å². The highest BCUT2D eigenvalue weighted by atomic mass is 16.5. The molecule has 0 spiro atoms. The Morgan fingerprint density at radius 3 is 2.77 bits per heavy atom. The molecule has 26 heavy (non-hydrogen) atoms. The minimum absolute atomic E-state index is 0.0719. The summed E-state index contributed by atoms with van der Waals surface area (Å²) in [6, 6.07) is 7.91. The third-order valence-corrected chi connectivity index (χ3v) is 5.20. The van der Waals surface area contributed by atoms with Crippen LogP contribution < -0.4 is 5.32 Å². The maximum atomic E-state index is 12.8. The fourth-order valence-electron chi connectivity index (χ4n) is 3.74. The molecule has 4 rings (SSSR count). The van der Waals surface area contributed by atoms with E-state index < -0.39 is 0 Å². The Hall–Kier alpha value is -2.47. The molecule has 136 valence electrons. The number of likely N-dealkylation sites (tertiary alicyclic amines) is 1. The van der Waals surface area contributed by atoms with Crippen molar-refractivity contribution in [2.45, 2.75) is 25.3 Å². The topological polar surface area (TPSA) is 67.3 Å². The van der Waals surface area contributed by atoms with Gasteiger partial charge in [-0.2, -0.15) is 0 Å². The van der Waals surface area contributed by atoms with Crippen LogP contribution in [0.15, 0.2) is 42.9 Å². The number of nitrogens with zero attached hydrogens (tertiary/aromatic N) is 3. The molecule has 0 bridgehead atoms. The third kappa shape index (κ3) is 3.70. The van der Waals surface area contributed by atoms with Gasteiger partial charge in [0.15, 0.2) is 0 Å². The van der Waals surface area contributed by atoms with Crippen LogP contribution >= 0.6 is 0 Å². The number of carbonyl (C=O) groups excluding carboxylic acids is 1. The van der Waals surface area contributed by atoms with E-state index in [2.05, 4.69) is 15.3 Å². The second-order valence-electron chi connectivity index (χ2n) is 7.01. The molecule has 1 N–H and O–H groups in total. The second kappa shape index (κ2) is 7.83. The summed E-state index contributed by atoms with van der Waals surface area (Å²) in [6.45, 7) is 3.01. The zero-order valence-electron chi connectivity index (χ0n) is 14.8. The molecule has 0 unspecified atom stereocenters.